The van der Waals surface area contributed by atoms with E-state index in [0.29, 0.717) is 74.3 Å². The summed E-state index contributed by atoms with van der Waals surface area (Å²) in [4.78, 5) is 25.2. The van der Waals surface area contributed by atoms with Gasteiger partial charge in [0.1, 0.15) is 28.7 Å². The minimum absolute atomic E-state index is 0.0584. The lowest BCUT2D eigenvalue weighted by Crippen LogP contribution is -2.52. The first-order chi connectivity index (χ1) is 18.3. The highest BCUT2D eigenvalue weighted by molar-refractivity contribution is 5.97. The first-order valence-electron chi connectivity index (χ1n) is 12.7. The fourth-order valence-electron chi connectivity index (χ4n) is 5.04. The summed E-state index contributed by atoms with van der Waals surface area (Å²) in [6.45, 7) is 8.88. The monoisotopic (exact) mass is 532 g/mol. The summed E-state index contributed by atoms with van der Waals surface area (Å²) in [6.07, 6.45) is -1.23. The molecule has 2 aliphatic heterocycles. The second-order valence-electron chi connectivity index (χ2n) is 9.61. The maximum Gasteiger partial charge on any atom is 0.294 e. The summed E-state index contributed by atoms with van der Waals surface area (Å²) in [5.74, 6) is -0.156. The van der Waals surface area contributed by atoms with Crippen LogP contribution in [0.5, 0.6) is 0 Å². The van der Waals surface area contributed by atoms with Crippen LogP contribution in [0.3, 0.4) is 0 Å². The smallest absolute Gasteiger partial charge is 0.294 e. The molecule has 9 nitrogen and oxygen atoms in total. The highest BCUT2D eigenvalue weighted by Gasteiger charge is 2.29. The Morgan fingerprint density at radius 1 is 1.08 bits per heavy atom. The van der Waals surface area contributed by atoms with Gasteiger partial charge < -0.3 is 24.7 Å². The van der Waals surface area contributed by atoms with Crippen molar-refractivity contribution < 1.29 is 22.6 Å². The predicted molar refractivity (Wildman–Crippen MR) is 138 cm³/mol. The van der Waals surface area contributed by atoms with Crippen LogP contribution >= 0.6 is 0 Å². The molecule has 2 atom stereocenters. The molecule has 0 amide bonds. The normalized spacial score (nSPS) is 19.3. The van der Waals surface area contributed by atoms with Gasteiger partial charge in [0.25, 0.3) is 12.0 Å². The van der Waals surface area contributed by atoms with Crippen molar-refractivity contribution in [2.75, 3.05) is 61.3 Å². The van der Waals surface area contributed by atoms with Crippen LogP contribution in [-0.2, 0) is 9.47 Å². The number of halogens is 3. The summed E-state index contributed by atoms with van der Waals surface area (Å²) < 4.78 is 54.3. The van der Waals surface area contributed by atoms with E-state index in [1.807, 2.05) is 16.8 Å². The molecule has 5 rings (SSSR count). The number of aromatic nitrogens is 3. The molecule has 2 aromatic heterocycles. The molecular weight excluding hydrogens is 501 g/mol. The van der Waals surface area contributed by atoms with E-state index in [1.165, 1.54) is 12.1 Å². The number of nitrogens with zero attached hydrogens (tertiary/aromatic N) is 5. The molecule has 0 spiro atoms. The molecule has 2 fully saturated rings. The van der Waals surface area contributed by atoms with Crippen molar-refractivity contribution in [3.05, 3.63) is 57.5 Å². The molecule has 204 valence electrons. The van der Waals surface area contributed by atoms with Gasteiger partial charge in [-0.05, 0) is 20.8 Å². The van der Waals surface area contributed by atoms with Gasteiger partial charge in [-0.3, -0.25) is 4.79 Å². The van der Waals surface area contributed by atoms with E-state index in [2.05, 4.69) is 15.3 Å². The summed E-state index contributed by atoms with van der Waals surface area (Å²) >= 11 is 0. The molecule has 1 N–H and O–H groups in total. The Hall–Kier alpha value is -3.38. The molecule has 0 radical (unpaired) electrons. The number of hydrogen-bond donors (Lipinski definition) is 1. The zero-order valence-corrected chi connectivity index (χ0v) is 21.6. The fourth-order valence-corrected chi connectivity index (χ4v) is 5.04. The van der Waals surface area contributed by atoms with Gasteiger partial charge in [-0.15, -0.1) is 0 Å². The van der Waals surface area contributed by atoms with Gasteiger partial charge in [0.2, 0.25) is 0 Å². The minimum Gasteiger partial charge on any atom is -0.378 e. The van der Waals surface area contributed by atoms with Crippen molar-refractivity contribution in [2.24, 2.45) is 0 Å². The minimum atomic E-state index is -2.93. The molecule has 0 unspecified atom stereocenters. The summed E-state index contributed by atoms with van der Waals surface area (Å²) in [7, 11) is 0. The van der Waals surface area contributed by atoms with E-state index >= 15 is 0 Å². The second-order valence-corrected chi connectivity index (χ2v) is 9.61. The lowest BCUT2D eigenvalue weighted by molar-refractivity contribution is 0.0987. The van der Waals surface area contributed by atoms with Gasteiger partial charge in [0, 0.05) is 24.3 Å². The van der Waals surface area contributed by atoms with Gasteiger partial charge in [0.15, 0.2) is 0 Å². The molecule has 1 aromatic carbocycles. The molecule has 0 aliphatic carbocycles. The molecule has 3 aromatic rings. The van der Waals surface area contributed by atoms with Crippen LogP contribution in [0.15, 0.2) is 29.2 Å². The molecule has 0 bridgehead atoms. The van der Waals surface area contributed by atoms with Gasteiger partial charge >= 0.3 is 0 Å². The second kappa shape index (κ2) is 10.8. The van der Waals surface area contributed by atoms with Crippen molar-refractivity contribution in [1.29, 1.82) is 0 Å². The van der Waals surface area contributed by atoms with Crippen LogP contribution in [0, 0.1) is 12.7 Å². The molecular formula is C26H31F3N6O3. The van der Waals surface area contributed by atoms with Crippen molar-refractivity contribution >= 4 is 22.4 Å². The first-order valence-corrected chi connectivity index (χ1v) is 12.7. The third-order valence-corrected chi connectivity index (χ3v) is 7.00. The number of pyridine rings is 1. The van der Waals surface area contributed by atoms with E-state index in [9.17, 15) is 18.0 Å². The molecule has 38 heavy (non-hydrogen) atoms. The van der Waals surface area contributed by atoms with Crippen LogP contribution in [0.2, 0.25) is 0 Å². The number of aryl methyl sites for hydroxylation is 1. The summed E-state index contributed by atoms with van der Waals surface area (Å²) in [5, 5.41) is 5.68. The number of hydrogen-bond acceptors (Lipinski definition) is 8. The molecule has 0 saturated carbocycles. The highest BCUT2D eigenvalue weighted by Crippen LogP contribution is 2.32. The van der Waals surface area contributed by atoms with E-state index in [-0.39, 0.29) is 17.2 Å². The number of alkyl halides is 2. The summed E-state index contributed by atoms with van der Waals surface area (Å²) in [6, 6.07) is 3.21. The maximum absolute atomic E-state index is 14.9. The van der Waals surface area contributed by atoms with Crippen molar-refractivity contribution in [3.8, 4) is 0 Å². The van der Waals surface area contributed by atoms with Crippen LogP contribution in [-0.4, -0.2) is 66.7 Å². The quantitative estimate of drug-likeness (QED) is 0.516. The van der Waals surface area contributed by atoms with Gasteiger partial charge in [0.05, 0.1) is 56.5 Å². The zero-order chi connectivity index (χ0) is 27.0. The predicted octanol–water partition coefficient (Wildman–Crippen LogP) is 3.54. The number of benzene rings is 1. The van der Waals surface area contributed by atoms with Crippen molar-refractivity contribution in [3.63, 3.8) is 0 Å². The molecule has 4 heterocycles. The number of nitrogens with one attached hydrogen (secondary N) is 1. The Labute approximate surface area is 218 Å². The van der Waals surface area contributed by atoms with Gasteiger partial charge in [-0.1, -0.05) is 18.2 Å². The Kier molecular flexibility index (Phi) is 7.44. The van der Waals surface area contributed by atoms with Crippen LogP contribution in [0.1, 0.15) is 43.3 Å². The SMILES string of the molecule is Cc1nc(N[C@H](C)c2cccc(C(F)F)c2F)c2cn(N3CCOCC3)c(=O)c(N3CCOC[C@@H]3C)c2n1. The van der Waals surface area contributed by atoms with E-state index in [1.54, 1.807) is 24.7 Å². The van der Waals surface area contributed by atoms with Crippen LogP contribution < -0.4 is 20.8 Å². The molecule has 2 aliphatic rings. The average molecular weight is 533 g/mol. The lowest BCUT2D eigenvalue weighted by atomic mass is 10.0. The average Bonchev–Trinajstić information content (AvgIpc) is 2.89. The molecule has 12 heteroatoms. The van der Waals surface area contributed by atoms with E-state index < -0.39 is 23.8 Å². The Morgan fingerprint density at radius 2 is 1.79 bits per heavy atom. The standard InChI is InChI=1S/C26H31F3N6O3/c1-15-14-38-12-9-34(15)23-22-20(13-35(26(23)36)33-7-10-37-11-8-33)25(32-17(3)31-22)30-16(2)18-5-4-6-19(21(18)27)24(28)29/h4-6,13,15-16,24H,7-12,14H2,1-3H3,(H,30,31,32)/t15-,16+/m0/s1. The number of anilines is 2. The summed E-state index contributed by atoms with van der Waals surface area (Å²) in [5.41, 5.74) is 0.149. The maximum atomic E-state index is 14.9. The largest absolute Gasteiger partial charge is 0.378 e. The van der Waals surface area contributed by atoms with Crippen molar-refractivity contribution in [1.82, 2.24) is 14.6 Å². The van der Waals surface area contributed by atoms with Crippen molar-refractivity contribution in [2.45, 2.75) is 39.3 Å². The topological polar surface area (TPSA) is 84.8 Å². The number of morpholine rings is 2. The highest BCUT2D eigenvalue weighted by atomic mass is 19.3. The molecule has 2 saturated heterocycles. The third-order valence-electron chi connectivity index (χ3n) is 7.00. The van der Waals surface area contributed by atoms with Crippen LogP contribution in [0.25, 0.3) is 10.9 Å². The van der Waals surface area contributed by atoms with Gasteiger partial charge in [-0.25, -0.2) is 27.8 Å². The zero-order valence-electron chi connectivity index (χ0n) is 21.6. The number of fused-ring (bicyclic) bond motifs is 1. The Bertz CT molecular complexity index is 1380. The third kappa shape index (κ3) is 4.90. The Balaban J connectivity index is 1.66. The first kappa shape index (κ1) is 26.2. The number of ether oxygens (including phenoxy) is 2. The number of rotatable bonds is 6. The van der Waals surface area contributed by atoms with Gasteiger partial charge in [-0.2, -0.15) is 0 Å². The lowest BCUT2D eigenvalue weighted by Gasteiger charge is -2.37. The van der Waals surface area contributed by atoms with E-state index in [0.717, 1.165) is 6.07 Å². The van der Waals surface area contributed by atoms with E-state index in [4.69, 9.17) is 9.47 Å². The fraction of sp³-hybridized carbons (Fsp3) is 0.500. The van der Waals surface area contributed by atoms with Crippen LogP contribution in [0.4, 0.5) is 24.7 Å². The Morgan fingerprint density at radius 3 is 2.50 bits per heavy atom.